The van der Waals surface area contributed by atoms with E-state index >= 15 is 0 Å². The van der Waals surface area contributed by atoms with E-state index in [1.165, 1.54) is 21.1 Å². The summed E-state index contributed by atoms with van der Waals surface area (Å²) in [6.45, 7) is 2.07. The van der Waals surface area contributed by atoms with Crippen molar-refractivity contribution >= 4 is 40.7 Å². The lowest BCUT2D eigenvalue weighted by Gasteiger charge is -2.49. The highest BCUT2D eigenvalue weighted by atomic mass is 32.1. The zero-order valence-corrected chi connectivity index (χ0v) is 22.7. The first-order valence-corrected chi connectivity index (χ1v) is 14.5. The van der Waals surface area contributed by atoms with Crippen molar-refractivity contribution in [1.29, 1.82) is 0 Å². The largest absolute Gasteiger partial charge is 0.508 e. The minimum Gasteiger partial charge on any atom is -0.508 e. The smallest absolute Gasteiger partial charge is 0.241 e. The molecule has 6 atom stereocenters. The van der Waals surface area contributed by atoms with E-state index in [1.54, 1.807) is 42.5 Å². The van der Waals surface area contributed by atoms with Crippen molar-refractivity contribution in [2.45, 2.75) is 32.2 Å². The van der Waals surface area contributed by atoms with Crippen LogP contribution in [-0.4, -0.2) is 33.6 Å². The first-order chi connectivity index (χ1) is 19.3. The Morgan fingerprint density at radius 1 is 0.900 bits per heavy atom. The van der Waals surface area contributed by atoms with Crippen LogP contribution >= 0.6 is 11.3 Å². The molecule has 7 rings (SSSR count). The molecule has 202 valence electrons. The molecule has 3 fully saturated rings. The number of benzene rings is 2. The number of carbonyl (C=O) groups is 4. The molecule has 0 radical (unpaired) electrons. The third-order valence-electron chi connectivity index (χ3n) is 9.52. The zero-order chi connectivity index (χ0) is 27.8. The van der Waals surface area contributed by atoms with E-state index in [4.69, 9.17) is 0 Å². The third-order valence-corrected chi connectivity index (χ3v) is 10.4. The fourth-order valence-electron chi connectivity index (χ4n) is 7.69. The van der Waals surface area contributed by atoms with Crippen molar-refractivity contribution in [2.75, 3.05) is 4.90 Å². The predicted octanol–water partition coefficient (Wildman–Crippen LogP) is 4.88. The number of amides is 4. The molecule has 1 saturated carbocycles. The van der Waals surface area contributed by atoms with Gasteiger partial charge in [-0.15, -0.1) is 11.3 Å². The molecule has 2 aromatic carbocycles. The monoisotopic (exact) mass is 552 g/mol. The van der Waals surface area contributed by atoms with Crippen molar-refractivity contribution in [3.8, 4) is 5.75 Å². The fraction of sp³-hybridized carbons (Fsp3) is 0.312. The number of rotatable bonds is 4. The second-order valence-electron chi connectivity index (χ2n) is 11.4. The van der Waals surface area contributed by atoms with E-state index in [0.717, 1.165) is 10.5 Å². The van der Waals surface area contributed by atoms with Crippen molar-refractivity contribution in [3.05, 3.63) is 94.2 Å². The number of allylic oxidation sites excluding steroid dienone is 2. The van der Waals surface area contributed by atoms with Gasteiger partial charge in [0.1, 0.15) is 5.75 Å². The van der Waals surface area contributed by atoms with Crippen LogP contribution in [0, 0.1) is 29.1 Å². The highest BCUT2D eigenvalue weighted by Gasteiger charge is 2.67. The molecule has 1 N–H and O–H groups in total. The van der Waals surface area contributed by atoms with E-state index in [-0.39, 0.29) is 35.9 Å². The Bertz CT molecular complexity index is 1580. The van der Waals surface area contributed by atoms with E-state index in [9.17, 15) is 24.3 Å². The molecule has 2 aliphatic heterocycles. The van der Waals surface area contributed by atoms with Crippen LogP contribution in [0.1, 0.15) is 36.1 Å². The number of para-hydroxylation sites is 2. The number of hydrogen-bond acceptors (Lipinski definition) is 6. The molecule has 40 heavy (non-hydrogen) atoms. The summed E-state index contributed by atoms with van der Waals surface area (Å²) in [5.41, 5.74) is 0.779. The molecule has 0 spiro atoms. The molecule has 8 heteroatoms. The van der Waals surface area contributed by atoms with E-state index in [1.807, 2.05) is 42.6 Å². The Kier molecular flexibility index (Phi) is 5.61. The maximum absolute atomic E-state index is 14.3. The molecule has 3 heterocycles. The average molecular weight is 553 g/mol. The third kappa shape index (κ3) is 3.35. The minimum atomic E-state index is -1.16. The number of phenolic OH excluding ortho intramolecular Hbond substituents is 1. The van der Waals surface area contributed by atoms with Gasteiger partial charge in [0.15, 0.2) is 0 Å². The van der Waals surface area contributed by atoms with Crippen LogP contribution in [0.3, 0.4) is 0 Å². The number of imide groups is 2. The van der Waals surface area contributed by atoms with Gasteiger partial charge in [0.2, 0.25) is 23.6 Å². The van der Waals surface area contributed by atoms with Gasteiger partial charge in [-0.3, -0.25) is 24.1 Å². The average Bonchev–Trinajstić information content (AvgIpc) is 3.61. The molecule has 4 amide bonds. The Hall–Kier alpha value is -4.04. The molecule has 1 aromatic heterocycles. The quantitative estimate of drug-likeness (QED) is 0.368. The van der Waals surface area contributed by atoms with Crippen LogP contribution in [0.25, 0.3) is 0 Å². The number of phenols is 1. The number of thiophene rings is 1. The summed E-state index contributed by atoms with van der Waals surface area (Å²) in [6, 6.07) is 19.6. The Labute approximate surface area is 235 Å². The predicted molar refractivity (Wildman–Crippen MR) is 149 cm³/mol. The van der Waals surface area contributed by atoms with E-state index < -0.39 is 35.0 Å². The summed E-state index contributed by atoms with van der Waals surface area (Å²) in [6.07, 6.45) is 2.69. The molecule has 0 bridgehead atoms. The maximum Gasteiger partial charge on any atom is 0.241 e. The lowest BCUT2D eigenvalue weighted by molar-refractivity contribution is -0.141. The number of likely N-dealkylation sites (tertiary alicyclic amines) is 1. The highest BCUT2D eigenvalue weighted by molar-refractivity contribution is 7.09. The second kappa shape index (κ2) is 8.99. The van der Waals surface area contributed by atoms with Crippen LogP contribution in [0.5, 0.6) is 5.75 Å². The fourth-order valence-corrected chi connectivity index (χ4v) is 8.39. The molecule has 3 aromatic rings. The van der Waals surface area contributed by atoms with Crippen LogP contribution < -0.4 is 4.90 Å². The van der Waals surface area contributed by atoms with Gasteiger partial charge in [-0.1, -0.05) is 54.1 Å². The molecule has 7 nitrogen and oxygen atoms in total. The highest BCUT2D eigenvalue weighted by Crippen LogP contribution is 2.64. The first kappa shape index (κ1) is 25.0. The molecule has 0 unspecified atom stereocenters. The van der Waals surface area contributed by atoms with Crippen molar-refractivity contribution < 1.29 is 24.3 Å². The lowest BCUT2D eigenvalue weighted by Crippen LogP contribution is -2.48. The van der Waals surface area contributed by atoms with Gasteiger partial charge in [0.05, 0.1) is 35.4 Å². The Balaban J connectivity index is 1.35. The SMILES string of the molecule is C[C@@]12C(=O)N(c3ccccc3)C(=O)[C@@H]1C[C@@H]1C(=CC[C@@H]3C(=O)N(Cc4cccs4)C(=O)[C@@H]31)[C@@H]2c1ccccc1O. The summed E-state index contributed by atoms with van der Waals surface area (Å²) in [5.74, 6) is -3.75. The van der Waals surface area contributed by atoms with E-state index in [0.29, 0.717) is 24.1 Å². The molecular formula is C32H28N2O5S. The van der Waals surface area contributed by atoms with Crippen LogP contribution in [0.4, 0.5) is 5.69 Å². The van der Waals surface area contributed by atoms with Gasteiger partial charge in [-0.05, 0) is 55.3 Å². The standard InChI is InChI=1S/C32H28N2O5S/c1-32-24(29(37)34(31(32)39)18-8-3-2-4-9-18)16-23-20(27(32)21-11-5-6-12-25(21)35)13-14-22-26(23)30(38)33(28(22)36)17-19-10-7-15-40-19/h2-13,15,22-24,26-27,35H,14,16-17H2,1H3/t22-,23+,24-,26-,27+,32+/m0/s1. The molecular weight excluding hydrogens is 524 g/mol. The lowest BCUT2D eigenvalue weighted by atomic mass is 9.51. The number of anilines is 1. The van der Waals surface area contributed by atoms with Gasteiger partial charge in [-0.25, -0.2) is 4.90 Å². The van der Waals surface area contributed by atoms with Crippen LogP contribution in [0.2, 0.25) is 0 Å². The molecule has 2 saturated heterocycles. The topological polar surface area (TPSA) is 95.0 Å². The van der Waals surface area contributed by atoms with Crippen molar-refractivity contribution in [1.82, 2.24) is 4.90 Å². The first-order valence-electron chi connectivity index (χ1n) is 13.6. The normalized spacial score (nSPS) is 31.2. The number of fused-ring (bicyclic) bond motifs is 4. The van der Waals surface area contributed by atoms with Crippen molar-refractivity contribution in [2.24, 2.45) is 29.1 Å². The minimum absolute atomic E-state index is 0.0442. The molecule has 4 aliphatic rings. The molecule has 2 aliphatic carbocycles. The Morgan fingerprint density at radius 3 is 2.38 bits per heavy atom. The zero-order valence-electron chi connectivity index (χ0n) is 21.9. The van der Waals surface area contributed by atoms with Gasteiger partial charge >= 0.3 is 0 Å². The Morgan fingerprint density at radius 2 is 1.65 bits per heavy atom. The number of hydrogen-bond donors (Lipinski definition) is 1. The summed E-state index contributed by atoms with van der Waals surface area (Å²) in [7, 11) is 0. The number of nitrogens with zero attached hydrogens (tertiary/aromatic N) is 2. The number of aromatic hydroxyl groups is 1. The van der Waals surface area contributed by atoms with Crippen molar-refractivity contribution in [3.63, 3.8) is 0 Å². The number of carbonyl (C=O) groups excluding carboxylic acids is 4. The summed E-state index contributed by atoms with van der Waals surface area (Å²) >= 11 is 1.51. The van der Waals surface area contributed by atoms with Crippen LogP contribution in [0.15, 0.2) is 83.8 Å². The summed E-state index contributed by atoms with van der Waals surface area (Å²) < 4.78 is 0. The van der Waals surface area contributed by atoms with Crippen LogP contribution in [-0.2, 0) is 25.7 Å². The van der Waals surface area contributed by atoms with Gasteiger partial charge < -0.3 is 5.11 Å². The van der Waals surface area contributed by atoms with Gasteiger partial charge in [0, 0.05) is 16.4 Å². The maximum atomic E-state index is 14.3. The van der Waals surface area contributed by atoms with Gasteiger partial charge in [-0.2, -0.15) is 0 Å². The second-order valence-corrected chi connectivity index (χ2v) is 12.4. The summed E-state index contributed by atoms with van der Waals surface area (Å²) in [4.78, 5) is 59.4. The van der Waals surface area contributed by atoms with Gasteiger partial charge in [0.25, 0.3) is 0 Å². The summed E-state index contributed by atoms with van der Waals surface area (Å²) in [5, 5.41) is 12.9. The van der Waals surface area contributed by atoms with E-state index in [2.05, 4.69) is 0 Å².